The molecule has 0 aliphatic rings. The lowest BCUT2D eigenvalue weighted by Gasteiger charge is -2.07. The molecule has 15 heavy (non-hydrogen) atoms. The summed E-state index contributed by atoms with van der Waals surface area (Å²) in [4.78, 5) is 11.2. The third-order valence-electron chi connectivity index (χ3n) is 1.64. The van der Waals surface area contributed by atoms with E-state index >= 15 is 0 Å². The number of amides is 1. The fourth-order valence-electron chi connectivity index (χ4n) is 1.00. The Morgan fingerprint density at radius 3 is 2.40 bits per heavy atom. The molecule has 3 N–H and O–H groups in total. The van der Waals surface area contributed by atoms with E-state index in [4.69, 9.17) is 23.2 Å². The number of halogens is 2. The number of carbonyl (C=O) groups excluding carboxylic acids is 1. The van der Waals surface area contributed by atoms with Gasteiger partial charge in [0.2, 0.25) is 5.91 Å². The summed E-state index contributed by atoms with van der Waals surface area (Å²) in [6, 6.07) is 2.85. The maximum Gasteiger partial charge on any atom is 0.238 e. The molecule has 1 aromatic carbocycles. The molecule has 0 atom stereocenters. The first-order valence-electron chi connectivity index (χ1n) is 4.17. The average Bonchev–Trinajstić information content (AvgIpc) is 2.14. The van der Waals surface area contributed by atoms with Gasteiger partial charge >= 0.3 is 0 Å². The smallest absolute Gasteiger partial charge is 0.238 e. The summed E-state index contributed by atoms with van der Waals surface area (Å²) >= 11 is 11.4. The van der Waals surface area contributed by atoms with Crippen LogP contribution in [-0.2, 0) is 4.79 Å². The molecule has 4 nitrogen and oxygen atoms in total. The largest absolute Gasteiger partial charge is 0.505 e. The van der Waals surface area contributed by atoms with Crippen LogP contribution in [0.2, 0.25) is 10.0 Å². The fraction of sp³-hybridized carbons (Fsp3) is 0.222. The molecule has 0 saturated carbocycles. The highest BCUT2D eigenvalue weighted by Crippen LogP contribution is 2.34. The Bertz CT molecular complexity index is 359. The Morgan fingerprint density at radius 2 is 1.93 bits per heavy atom. The number of hydrogen-bond acceptors (Lipinski definition) is 3. The van der Waals surface area contributed by atoms with Crippen LogP contribution in [0.25, 0.3) is 0 Å². The van der Waals surface area contributed by atoms with Gasteiger partial charge in [0, 0.05) is 5.69 Å². The number of phenols is 1. The van der Waals surface area contributed by atoms with Crippen LogP contribution >= 0.6 is 23.2 Å². The zero-order valence-corrected chi connectivity index (χ0v) is 9.49. The highest BCUT2D eigenvalue weighted by atomic mass is 35.5. The van der Waals surface area contributed by atoms with E-state index in [9.17, 15) is 9.90 Å². The molecule has 0 saturated heterocycles. The van der Waals surface area contributed by atoms with Crippen molar-refractivity contribution in [1.29, 1.82) is 0 Å². The quantitative estimate of drug-likeness (QED) is 0.716. The van der Waals surface area contributed by atoms with E-state index in [0.717, 1.165) is 0 Å². The minimum atomic E-state index is -0.213. The number of rotatable bonds is 3. The first-order chi connectivity index (χ1) is 7.04. The summed E-state index contributed by atoms with van der Waals surface area (Å²) in [5.41, 5.74) is 0.447. The van der Waals surface area contributed by atoms with Crippen LogP contribution in [0, 0.1) is 0 Å². The van der Waals surface area contributed by atoms with Crippen LogP contribution in [0.15, 0.2) is 12.1 Å². The monoisotopic (exact) mass is 248 g/mol. The van der Waals surface area contributed by atoms with E-state index in [0.29, 0.717) is 5.69 Å². The summed E-state index contributed by atoms with van der Waals surface area (Å²) in [5, 5.41) is 14.7. The molecular weight excluding hydrogens is 239 g/mol. The van der Waals surface area contributed by atoms with Gasteiger partial charge in [0.25, 0.3) is 0 Å². The third kappa shape index (κ3) is 3.27. The van der Waals surface area contributed by atoms with Crippen molar-refractivity contribution >= 4 is 34.8 Å². The second-order valence-corrected chi connectivity index (χ2v) is 3.68. The number of nitrogens with one attached hydrogen (secondary N) is 2. The van der Waals surface area contributed by atoms with Gasteiger partial charge in [0.05, 0.1) is 16.6 Å². The van der Waals surface area contributed by atoms with Crippen molar-refractivity contribution in [3.8, 4) is 5.75 Å². The Kier molecular flexibility index (Phi) is 4.20. The Labute approximate surface area is 97.2 Å². The van der Waals surface area contributed by atoms with Crippen LogP contribution < -0.4 is 10.6 Å². The lowest BCUT2D eigenvalue weighted by molar-refractivity contribution is -0.115. The molecule has 1 aromatic rings. The minimum absolute atomic E-state index is 0.0993. The van der Waals surface area contributed by atoms with Gasteiger partial charge in [0.1, 0.15) is 0 Å². The first kappa shape index (κ1) is 12.1. The number of benzene rings is 1. The second kappa shape index (κ2) is 5.21. The molecule has 0 aromatic heterocycles. The topological polar surface area (TPSA) is 61.4 Å². The molecule has 6 heteroatoms. The molecule has 82 valence electrons. The SMILES string of the molecule is CNCC(=O)Nc1cc(Cl)c(O)c(Cl)c1. The maximum absolute atomic E-state index is 11.2. The number of anilines is 1. The summed E-state index contributed by atoms with van der Waals surface area (Å²) in [6.45, 7) is 0.191. The van der Waals surface area contributed by atoms with Gasteiger partial charge in [-0.1, -0.05) is 23.2 Å². The van der Waals surface area contributed by atoms with Crippen molar-refractivity contribution in [2.75, 3.05) is 18.9 Å². The summed E-state index contributed by atoms with van der Waals surface area (Å²) in [6.07, 6.45) is 0. The van der Waals surface area contributed by atoms with E-state index < -0.39 is 0 Å². The van der Waals surface area contributed by atoms with Crippen molar-refractivity contribution in [2.24, 2.45) is 0 Å². The van der Waals surface area contributed by atoms with Gasteiger partial charge in [-0.15, -0.1) is 0 Å². The van der Waals surface area contributed by atoms with Crippen molar-refractivity contribution in [3.63, 3.8) is 0 Å². The second-order valence-electron chi connectivity index (χ2n) is 2.87. The van der Waals surface area contributed by atoms with E-state index in [-0.39, 0.29) is 28.2 Å². The Balaban J connectivity index is 2.83. The van der Waals surface area contributed by atoms with Gasteiger partial charge in [0.15, 0.2) is 5.75 Å². The number of carbonyl (C=O) groups is 1. The Morgan fingerprint density at radius 1 is 1.40 bits per heavy atom. The van der Waals surface area contributed by atoms with E-state index in [2.05, 4.69) is 10.6 Å². The van der Waals surface area contributed by atoms with Gasteiger partial charge in [-0.05, 0) is 19.2 Å². The highest BCUT2D eigenvalue weighted by molar-refractivity contribution is 6.37. The van der Waals surface area contributed by atoms with Crippen LogP contribution in [0.1, 0.15) is 0 Å². The molecule has 0 heterocycles. The normalized spacial score (nSPS) is 10.1. The van der Waals surface area contributed by atoms with E-state index in [1.807, 2.05) is 0 Å². The molecule has 0 aliphatic carbocycles. The maximum atomic E-state index is 11.2. The highest BCUT2D eigenvalue weighted by Gasteiger charge is 2.08. The van der Waals surface area contributed by atoms with E-state index in [1.54, 1.807) is 7.05 Å². The van der Waals surface area contributed by atoms with Crippen molar-refractivity contribution in [3.05, 3.63) is 22.2 Å². The minimum Gasteiger partial charge on any atom is -0.505 e. The van der Waals surface area contributed by atoms with Crippen molar-refractivity contribution in [2.45, 2.75) is 0 Å². The summed E-state index contributed by atoms with van der Waals surface area (Å²) < 4.78 is 0. The van der Waals surface area contributed by atoms with Crippen molar-refractivity contribution in [1.82, 2.24) is 5.32 Å². The van der Waals surface area contributed by atoms with Gasteiger partial charge in [-0.25, -0.2) is 0 Å². The average molecular weight is 249 g/mol. The third-order valence-corrected chi connectivity index (χ3v) is 2.21. The van der Waals surface area contributed by atoms with Gasteiger partial charge < -0.3 is 15.7 Å². The lowest BCUT2D eigenvalue weighted by Crippen LogP contribution is -2.25. The van der Waals surface area contributed by atoms with Crippen LogP contribution in [0.3, 0.4) is 0 Å². The molecule has 0 aliphatic heterocycles. The summed E-state index contributed by atoms with van der Waals surface area (Å²) in [5.74, 6) is -0.403. The molecule has 0 spiro atoms. The first-order valence-corrected chi connectivity index (χ1v) is 4.92. The zero-order valence-electron chi connectivity index (χ0n) is 7.97. The molecule has 0 unspecified atom stereocenters. The molecule has 1 rings (SSSR count). The zero-order chi connectivity index (χ0) is 11.4. The molecule has 0 bridgehead atoms. The van der Waals surface area contributed by atoms with Gasteiger partial charge in [-0.3, -0.25) is 4.79 Å². The van der Waals surface area contributed by atoms with Gasteiger partial charge in [-0.2, -0.15) is 0 Å². The lowest BCUT2D eigenvalue weighted by atomic mass is 10.3. The molecule has 0 fully saturated rings. The van der Waals surface area contributed by atoms with Crippen LogP contribution in [0.5, 0.6) is 5.75 Å². The standard InChI is InChI=1S/C9H10Cl2N2O2/c1-12-4-8(14)13-5-2-6(10)9(15)7(11)3-5/h2-3,12,15H,4H2,1H3,(H,13,14). The Hall–Kier alpha value is -0.970. The van der Waals surface area contributed by atoms with Crippen LogP contribution in [0.4, 0.5) is 5.69 Å². The fourth-order valence-corrected chi connectivity index (χ4v) is 1.49. The molecule has 0 radical (unpaired) electrons. The molecule has 1 amide bonds. The molecular formula is C9H10Cl2N2O2. The predicted octanol–water partition coefficient (Wildman–Crippen LogP) is 1.86. The number of aromatic hydroxyl groups is 1. The van der Waals surface area contributed by atoms with Crippen LogP contribution in [-0.4, -0.2) is 24.6 Å². The number of likely N-dealkylation sites (N-methyl/N-ethyl adjacent to an activating group) is 1. The predicted molar refractivity (Wildman–Crippen MR) is 60.7 cm³/mol. The van der Waals surface area contributed by atoms with Crippen molar-refractivity contribution < 1.29 is 9.90 Å². The number of phenolic OH excluding ortho intramolecular Hbond substituents is 1. The number of hydrogen-bond donors (Lipinski definition) is 3. The summed E-state index contributed by atoms with van der Waals surface area (Å²) in [7, 11) is 1.66. The van der Waals surface area contributed by atoms with E-state index in [1.165, 1.54) is 12.1 Å².